The molecule has 4 unspecified atom stereocenters. The summed E-state index contributed by atoms with van der Waals surface area (Å²) < 4.78 is 0. The van der Waals surface area contributed by atoms with Crippen LogP contribution in [0.15, 0.2) is 54.7 Å². The van der Waals surface area contributed by atoms with E-state index in [0.717, 1.165) is 16.5 Å². The molecule has 40 heavy (non-hydrogen) atoms. The molecule has 0 aliphatic rings. The number of carbonyl (C=O) groups excluding carboxylic acids is 3. The number of benzene rings is 2. The Morgan fingerprint density at radius 3 is 2.05 bits per heavy atom. The summed E-state index contributed by atoms with van der Waals surface area (Å²) in [5.41, 5.74) is 7.94. The maximum Gasteiger partial charge on any atom is 0.326 e. The van der Waals surface area contributed by atoms with Crippen molar-refractivity contribution in [1.29, 1.82) is 0 Å². The molecule has 2 aromatic carbocycles. The van der Waals surface area contributed by atoms with Crippen molar-refractivity contribution in [2.45, 2.75) is 64.2 Å². The minimum Gasteiger partial charge on any atom is -0.508 e. The average molecular weight is 552 g/mol. The summed E-state index contributed by atoms with van der Waals surface area (Å²) in [5, 5.41) is 28.2. The molecule has 8 N–H and O–H groups in total. The van der Waals surface area contributed by atoms with Crippen LogP contribution >= 0.6 is 0 Å². The van der Waals surface area contributed by atoms with E-state index in [1.54, 1.807) is 18.3 Å². The number of hydrogen-bond acceptors (Lipinski definition) is 6. The van der Waals surface area contributed by atoms with Crippen LogP contribution in [0.5, 0.6) is 5.75 Å². The van der Waals surface area contributed by atoms with E-state index in [2.05, 4.69) is 20.9 Å². The molecule has 3 aromatic rings. The Kier molecular flexibility index (Phi) is 10.3. The van der Waals surface area contributed by atoms with E-state index in [9.17, 15) is 29.4 Å². The van der Waals surface area contributed by atoms with Gasteiger partial charge >= 0.3 is 5.97 Å². The van der Waals surface area contributed by atoms with Gasteiger partial charge in [-0.2, -0.15) is 0 Å². The van der Waals surface area contributed by atoms with E-state index in [1.165, 1.54) is 19.1 Å². The van der Waals surface area contributed by atoms with Gasteiger partial charge in [0.2, 0.25) is 17.7 Å². The highest BCUT2D eigenvalue weighted by Crippen LogP contribution is 2.19. The van der Waals surface area contributed by atoms with Gasteiger partial charge in [-0.05, 0) is 48.6 Å². The number of hydrogen-bond donors (Lipinski definition) is 7. The summed E-state index contributed by atoms with van der Waals surface area (Å²) in [6.07, 6.45) is 2.08. The van der Waals surface area contributed by atoms with Gasteiger partial charge in [0.25, 0.3) is 0 Å². The number of amides is 3. The van der Waals surface area contributed by atoms with E-state index in [-0.39, 0.29) is 30.9 Å². The summed E-state index contributed by atoms with van der Waals surface area (Å²) >= 11 is 0. The van der Waals surface area contributed by atoms with E-state index in [0.29, 0.717) is 5.56 Å². The first-order valence-corrected chi connectivity index (χ1v) is 13.2. The molecular weight excluding hydrogens is 514 g/mol. The van der Waals surface area contributed by atoms with Crippen LogP contribution in [0, 0.1) is 5.92 Å². The number of nitrogens with one attached hydrogen (secondary N) is 4. The number of rotatable bonds is 13. The van der Waals surface area contributed by atoms with E-state index < -0.39 is 47.9 Å². The molecule has 1 heterocycles. The highest BCUT2D eigenvalue weighted by Gasteiger charge is 2.31. The van der Waals surface area contributed by atoms with Crippen LogP contribution in [-0.2, 0) is 32.0 Å². The summed E-state index contributed by atoms with van der Waals surface area (Å²) in [6.45, 7) is 5.23. The van der Waals surface area contributed by atoms with Crippen molar-refractivity contribution in [2.24, 2.45) is 11.7 Å². The molecule has 0 radical (unpaired) electrons. The SMILES string of the molecule is CC(C)CC(NC(=O)C(Cc1ccc(O)cc1)NC(=O)C(C)N)C(=O)NC(Cc1c[nH]c2ccccc12)C(=O)O. The maximum atomic E-state index is 13.4. The van der Waals surface area contributed by atoms with Crippen LogP contribution in [0.1, 0.15) is 38.3 Å². The molecule has 11 heteroatoms. The van der Waals surface area contributed by atoms with Crippen LogP contribution in [0.25, 0.3) is 10.9 Å². The molecule has 0 aliphatic carbocycles. The van der Waals surface area contributed by atoms with Crippen molar-refractivity contribution in [2.75, 3.05) is 0 Å². The molecule has 4 atom stereocenters. The highest BCUT2D eigenvalue weighted by molar-refractivity contribution is 5.94. The Hall–Kier alpha value is -4.38. The lowest BCUT2D eigenvalue weighted by Crippen LogP contribution is -2.57. The fourth-order valence-electron chi connectivity index (χ4n) is 4.35. The van der Waals surface area contributed by atoms with Crippen molar-refractivity contribution in [3.05, 3.63) is 65.9 Å². The quantitative estimate of drug-likeness (QED) is 0.168. The van der Waals surface area contributed by atoms with Crippen molar-refractivity contribution in [3.63, 3.8) is 0 Å². The number of aromatic nitrogens is 1. The Labute approximate surface area is 232 Å². The number of carbonyl (C=O) groups is 4. The van der Waals surface area contributed by atoms with Crippen LogP contribution < -0.4 is 21.7 Å². The van der Waals surface area contributed by atoms with Crippen molar-refractivity contribution >= 4 is 34.6 Å². The first kappa shape index (κ1) is 30.2. The fourth-order valence-corrected chi connectivity index (χ4v) is 4.35. The van der Waals surface area contributed by atoms with E-state index >= 15 is 0 Å². The smallest absolute Gasteiger partial charge is 0.326 e. The zero-order valence-corrected chi connectivity index (χ0v) is 22.8. The largest absolute Gasteiger partial charge is 0.508 e. The molecule has 0 saturated carbocycles. The average Bonchev–Trinajstić information content (AvgIpc) is 3.31. The van der Waals surface area contributed by atoms with E-state index in [1.807, 2.05) is 38.1 Å². The van der Waals surface area contributed by atoms with Gasteiger partial charge in [0.15, 0.2) is 0 Å². The summed E-state index contributed by atoms with van der Waals surface area (Å²) in [7, 11) is 0. The number of aromatic hydroxyl groups is 1. The number of fused-ring (bicyclic) bond motifs is 1. The van der Waals surface area contributed by atoms with Gasteiger partial charge in [0, 0.05) is 29.9 Å². The first-order valence-electron chi connectivity index (χ1n) is 13.2. The van der Waals surface area contributed by atoms with Crippen LogP contribution in [0.4, 0.5) is 0 Å². The number of H-pyrrole nitrogens is 1. The first-order chi connectivity index (χ1) is 18.9. The Morgan fingerprint density at radius 2 is 1.43 bits per heavy atom. The third-order valence-electron chi connectivity index (χ3n) is 6.48. The molecular formula is C29H37N5O6. The van der Waals surface area contributed by atoms with Gasteiger partial charge in [0.1, 0.15) is 23.9 Å². The second kappa shape index (κ2) is 13.6. The standard InChI is InChI=1S/C29H37N5O6/c1-16(2)12-23(27(37)34-25(29(39)40)14-19-15-31-22-7-5-4-6-21(19)22)33-28(38)24(32-26(36)17(3)30)13-18-8-10-20(35)11-9-18/h4-11,15-17,23-25,31,35H,12-14,30H2,1-3H3,(H,32,36)(H,33,38)(H,34,37)(H,39,40). The van der Waals surface area contributed by atoms with Gasteiger partial charge in [-0.1, -0.05) is 44.2 Å². The van der Waals surface area contributed by atoms with Gasteiger partial charge in [-0.25, -0.2) is 4.79 Å². The lowest BCUT2D eigenvalue weighted by atomic mass is 9.99. The Morgan fingerprint density at radius 1 is 0.825 bits per heavy atom. The number of aromatic amines is 1. The molecule has 1 aromatic heterocycles. The molecule has 3 rings (SSSR count). The second-order valence-corrected chi connectivity index (χ2v) is 10.4. The Balaban J connectivity index is 1.78. The molecule has 0 spiro atoms. The maximum absolute atomic E-state index is 13.4. The van der Waals surface area contributed by atoms with Crippen molar-refractivity contribution < 1.29 is 29.4 Å². The zero-order valence-electron chi connectivity index (χ0n) is 22.8. The number of nitrogens with two attached hydrogens (primary N) is 1. The number of para-hydroxylation sites is 1. The molecule has 3 amide bonds. The highest BCUT2D eigenvalue weighted by atomic mass is 16.4. The third-order valence-corrected chi connectivity index (χ3v) is 6.48. The second-order valence-electron chi connectivity index (χ2n) is 10.4. The van der Waals surface area contributed by atoms with E-state index in [4.69, 9.17) is 5.73 Å². The molecule has 11 nitrogen and oxygen atoms in total. The number of phenols is 1. The summed E-state index contributed by atoms with van der Waals surface area (Å²) in [5.74, 6) is -2.97. The normalized spacial score (nSPS) is 14.2. The number of carboxylic acid groups (broad SMARTS) is 1. The van der Waals surface area contributed by atoms with Crippen LogP contribution in [-0.4, -0.2) is 63.1 Å². The minimum atomic E-state index is -1.23. The fraction of sp³-hybridized carbons (Fsp3) is 0.379. The molecule has 0 fully saturated rings. The summed E-state index contributed by atoms with van der Waals surface area (Å²) in [4.78, 5) is 54.3. The lowest BCUT2D eigenvalue weighted by molar-refractivity contribution is -0.142. The Bertz CT molecular complexity index is 1330. The monoisotopic (exact) mass is 551 g/mol. The number of phenolic OH excluding ortho intramolecular Hbond substituents is 1. The number of aliphatic carboxylic acids is 1. The molecule has 0 saturated heterocycles. The van der Waals surface area contributed by atoms with Gasteiger partial charge in [0.05, 0.1) is 6.04 Å². The summed E-state index contributed by atoms with van der Waals surface area (Å²) in [6, 6.07) is 9.41. The zero-order chi connectivity index (χ0) is 29.4. The van der Waals surface area contributed by atoms with Gasteiger partial charge < -0.3 is 36.9 Å². The topological polar surface area (TPSA) is 187 Å². The van der Waals surface area contributed by atoms with Crippen molar-refractivity contribution in [1.82, 2.24) is 20.9 Å². The van der Waals surface area contributed by atoms with Gasteiger partial charge in [-0.3, -0.25) is 14.4 Å². The lowest BCUT2D eigenvalue weighted by Gasteiger charge is -2.26. The van der Waals surface area contributed by atoms with Crippen LogP contribution in [0.3, 0.4) is 0 Å². The molecule has 0 aliphatic heterocycles. The van der Waals surface area contributed by atoms with Crippen LogP contribution in [0.2, 0.25) is 0 Å². The van der Waals surface area contributed by atoms with Gasteiger partial charge in [-0.15, -0.1) is 0 Å². The number of carboxylic acids is 1. The molecule has 0 bridgehead atoms. The predicted molar refractivity (Wildman–Crippen MR) is 150 cm³/mol. The third kappa shape index (κ3) is 8.31. The minimum absolute atomic E-state index is 0.0119. The van der Waals surface area contributed by atoms with Crippen molar-refractivity contribution in [3.8, 4) is 5.75 Å². The molecule has 214 valence electrons. The predicted octanol–water partition coefficient (Wildman–Crippen LogP) is 1.59.